The molecule has 3 rings (SSSR count). The lowest BCUT2D eigenvalue weighted by molar-refractivity contribution is 0.203. The number of halogens is 2. The second-order valence-corrected chi connectivity index (χ2v) is 6.44. The molecule has 2 aromatic carbocycles. The maximum Gasteiger partial charge on any atom is 0.0368 e. The first-order chi connectivity index (χ1) is 10.7. The fraction of sp³-hybridized carbons (Fsp3) is 0.400. The van der Waals surface area contributed by atoms with Crippen molar-refractivity contribution in [1.82, 2.24) is 4.90 Å². The van der Waals surface area contributed by atoms with Crippen LogP contribution < -0.4 is 4.90 Å². The van der Waals surface area contributed by atoms with Gasteiger partial charge in [0.2, 0.25) is 0 Å². The zero-order valence-corrected chi connectivity index (χ0v) is 16.7. The number of piperidine rings is 1. The minimum atomic E-state index is 0. The molecular formula is C20H30Cl2N2O. The van der Waals surface area contributed by atoms with E-state index in [4.69, 9.17) is 0 Å². The van der Waals surface area contributed by atoms with Gasteiger partial charge in [0, 0.05) is 38.4 Å². The van der Waals surface area contributed by atoms with Crippen molar-refractivity contribution in [3.8, 4) is 0 Å². The monoisotopic (exact) mass is 384 g/mol. The number of hydrogen-bond acceptors (Lipinski definition) is 2. The summed E-state index contributed by atoms with van der Waals surface area (Å²) >= 11 is 0. The molecule has 0 spiro atoms. The van der Waals surface area contributed by atoms with Crippen LogP contribution in [0, 0.1) is 6.92 Å². The van der Waals surface area contributed by atoms with E-state index in [2.05, 4.69) is 78.4 Å². The number of benzene rings is 2. The Morgan fingerprint density at radius 1 is 0.960 bits per heavy atom. The molecule has 1 aliphatic heterocycles. The van der Waals surface area contributed by atoms with E-state index in [1.165, 1.54) is 42.7 Å². The molecule has 2 aromatic rings. The lowest BCUT2D eigenvalue weighted by atomic mass is 10.0. The highest BCUT2D eigenvalue weighted by Gasteiger charge is 2.22. The summed E-state index contributed by atoms with van der Waals surface area (Å²) in [5, 5.41) is 0. The van der Waals surface area contributed by atoms with Crippen LogP contribution in [0.1, 0.15) is 24.0 Å². The zero-order valence-electron chi connectivity index (χ0n) is 15.0. The number of nitrogens with zero attached hydrogens (tertiary/aromatic N) is 2. The van der Waals surface area contributed by atoms with Crippen molar-refractivity contribution in [3.63, 3.8) is 0 Å². The van der Waals surface area contributed by atoms with Crippen LogP contribution in [0.25, 0.3) is 0 Å². The van der Waals surface area contributed by atoms with Gasteiger partial charge in [-0.3, -0.25) is 4.90 Å². The molecule has 140 valence electrons. The Morgan fingerprint density at radius 3 is 2.20 bits per heavy atom. The third kappa shape index (κ3) is 6.52. The highest BCUT2D eigenvalue weighted by molar-refractivity contribution is 5.85. The second kappa shape index (κ2) is 11.4. The van der Waals surface area contributed by atoms with Crippen LogP contribution in [0.4, 0.5) is 5.69 Å². The number of anilines is 1. The molecule has 0 saturated carbocycles. The van der Waals surface area contributed by atoms with Gasteiger partial charge in [-0.05, 0) is 43.0 Å². The predicted octanol–water partition coefficient (Wildman–Crippen LogP) is 4.11. The number of rotatable bonds is 4. The molecule has 0 radical (unpaired) electrons. The molecule has 0 aliphatic carbocycles. The second-order valence-electron chi connectivity index (χ2n) is 6.44. The Hall–Kier alpha value is -1.26. The van der Waals surface area contributed by atoms with Crippen molar-refractivity contribution < 1.29 is 5.48 Å². The SMILES string of the molecule is Cc1cccc(N(C)C2CCN(Cc3ccccc3)CC2)c1.Cl.Cl.O. The number of aryl methyl sites for hydroxylation is 1. The van der Waals surface area contributed by atoms with Crippen LogP contribution >= 0.6 is 24.8 Å². The van der Waals surface area contributed by atoms with Gasteiger partial charge in [-0.1, -0.05) is 42.5 Å². The van der Waals surface area contributed by atoms with E-state index in [9.17, 15) is 0 Å². The Morgan fingerprint density at radius 2 is 1.60 bits per heavy atom. The molecule has 1 aliphatic rings. The van der Waals surface area contributed by atoms with Gasteiger partial charge in [0.1, 0.15) is 0 Å². The van der Waals surface area contributed by atoms with Crippen molar-refractivity contribution in [1.29, 1.82) is 0 Å². The van der Waals surface area contributed by atoms with E-state index in [0.29, 0.717) is 6.04 Å². The Balaban J connectivity index is 0.00000192. The summed E-state index contributed by atoms with van der Waals surface area (Å²) in [6.07, 6.45) is 2.49. The summed E-state index contributed by atoms with van der Waals surface area (Å²) in [6.45, 7) is 5.63. The Kier molecular flexibility index (Phi) is 10.8. The lowest BCUT2D eigenvalue weighted by Crippen LogP contribution is -2.43. The van der Waals surface area contributed by atoms with Crippen LogP contribution in [-0.2, 0) is 6.54 Å². The Labute approximate surface area is 164 Å². The van der Waals surface area contributed by atoms with Crippen LogP contribution in [0.3, 0.4) is 0 Å². The third-order valence-electron chi connectivity index (χ3n) is 4.76. The quantitative estimate of drug-likeness (QED) is 0.794. The third-order valence-corrected chi connectivity index (χ3v) is 4.76. The molecule has 5 heteroatoms. The summed E-state index contributed by atoms with van der Waals surface area (Å²) in [6, 6.07) is 20.3. The van der Waals surface area contributed by atoms with Crippen molar-refractivity contribution in [2.24, 2.45) is 0 Å². The van der Waals surface area contributed by atoms with Crippen molar-refractivity contribution >= 4 is 30.5 Å². The molecule has 0 aromatic heterocycles. The highest BCUT2D eigenvalue weighted by atomic mass is 35.5. The molecular weight excluding hydrogens is 355 g/mol. The average Bonchev–Trinajstić information content (AvgIpc) is 2.56. The van der Waals surface area contributed by atoms with Gasteiger partial charge in [0.15, 0.2) is 0 Å². The summed E-state index contributed by atoms with van der Waals surface area (Å²) in [4.78, 5) is 5.04. The fourth-order valence-electron chi connectivity index (χ4n) is 3.36. The predicted molar refractivity (Wildman–Crippen MR) is 112 cm³/mol. The highest BCUT2D eigenvalue weighted by Crippen LogP contribution is 2.23. The van der Waals surface area contributed by atoms with E-state index >= 15 is 0 Å². The van der Waals surface area contributed by atoms with Gasteiger partial charge >= 0.3 is 0 Å². The summed E-state index contributed by atoms with van der Waals surface area (Å²) in [5.41, 5.74) is 4.11. The van der Waals surface area contributed by atoms with Gasteiger partial charge in [0.25, 0.3) is 0 Å². The first-order valence-corrected chi connectivity index (χ1v) is 8.28. The van der Waals surface area contributed by atoms with E-state index in [0.717, 1.165) is 6.54 Å². The van der Waals surface area contributed by atoms with Crippen LogP contribution in [0.15, 0.2) is 54.6 Å². The van der Waals surface area contributed by atoms with E-state index in [1.807, 2.05) is 0 Å². The lowest BCUT2D eigenvalue weighted by Gasteiger charge is -2.38. The van der Waals surface area contributed by atoms with Crippen LogP contribution in [-0.4, -0.2) is 36.6 Å². The normalized spacial score (nSPS) is 14.6. The summed E-state index contributed by atoms with van der Waals surface area (Å²) in [7, 11) is 2.24. The topological polar surface area (TPSA) is 38.0 Å². The van der Waals surface area contributed by atoms with Gasteiger partial charge < -0.3 is 10.4 Å². The average molecular weight is 385 g/mol. The minimum Gasteiger partial charge on any atom is -0.412 e. The fourth-order valence-corrected chi connectivity index (χ4v) is 3.36. The molecule has 25 heavy (non-hydrogen) atoms. The first kappa shape index (κ1) is 23.7. The van der Waals surface area contributed by atoms with Gasteiger partial charge in [-0.15, -0.1) is 24.8 Å². The van der Waals surface area contributed by atoms with Crippen molar-refractivity contribution in [3.05, 3.63) is 65.7 Å². The largest absolute Gasteiger partial charge is 0.412 e. The maximum absolute atomic E-state index is 2.58. The zero-order chi connectivity index (χ0) is 15.4. The molecule has 0 atom stereocenters. The molecule has 1 heterocycles. The summed E-state index contributed by atoms with van der Waals surface area (Å²) in [5.74, 6) is 0. The van der Waals surface area contributed by atoms with Gasteiger partial charge in [-0.2, -0.15) is 0 Å². The van der Waals surface area contributed by atoms with Crippen molar-refractivity contribution in [2.45, 2.75) is 32.4 Å². The smallest absolute Gasteiger partial charge is 0.0368 e. The first-order valence-electron chi connectivity index (χ1n) is 8.28. The molecule has 0 amide bonds. The standard InChI is InChI=1S/C20H26N2.2ClH.H2O/c1-17-7-6-10-20(15-17)21(2)19-11-13-22(14-12-19)16-18-8-4-3-5-9-18;;;/h3-10,15,19H,11-14,16H2,1-2H3;2*1H;1H2. The van der Waals surface area contributed by atoms with E-state index < -0.39 is 0 Å². The maximum atomic E-state index is 2.58. The molecule has 0 unspecified atom stereocenters. The van der Waals surface area contributed by atoms with Crippen molar-refractivity contribution in [2.75, 3.05) is 25.0 Å². The molecule has 3 nitrogen and oxygen atoms in total. The van der Waals surface area contributed by atoms with Crippen LogP contribution in [0.5, 0.6) is 0 Å². The Bertz CT molecular complexity index is 602. The van der Waals surface area contributed by atoms with E-state index in [1.54, 1.807) is 0 Å². The molecule has 2 N–H and O–H groups in total. The number of likely N-dealkylation sites (tertiary alicyclic amines) is 1. The molecule has 1 fully saturated rings. The summed E-state index contributed by atoms with van der Waals surface area (Å²) < 4.78 is 0. The van der Waals surface area contributed by atoms with Gasteiger partial charge in [-0.25, -0.2) is 0 Å². The van der Waals surface area contributed by atoms with Crippen LogP contribution in [0.2, 0.25) is 0 Å². The molecule has 0 bridgehead atoms. The number of hydrogen-bond donors (Lipinski definition) is 0. The minimum absolute atomic E-state index is 0. The molecule has 1 saturated heterocycles. The van der Waals surface area contributed by atoms with Gasteiger partial charge in [0.05, 0.1) is 0 Å². The van der Waals surface area contributed by atoms with E-state index in [-0.39, 0.29) is 30.3 Å².